The van der Waals surface area contributed by atoms with Gasteiger partial charge in [-0.15, -0.1) is 0 Å². The molecule has 0 saturated carbocycles. The van der Waals surface area contributed by atoms with Crippen molar-refractivity contribution in [1.82, 2.24) is 5.32 Å². The highest BCUT2D eigenvalue weighted by Crippen LogP contribution is 2.19. The van der Waals surface area contributed by atoms with Crippen LogP contribution in [0, 0.1) is 0 Å². The summed E-state index contributed by atoms with van der Waals surface area (Å²) in [6, 6.07) is 13.0. The van der Waals surface area contributed by atoms with Crippen LogP contribution in [0.25, 0.3) is 0 Å². The quantitative estimate of drug-likeness (QED) is 0.931. The van der Waals surface area contributed by atoms with Crippen LogP contribution in [-0.2, 0) is 9.84 Å². The minimum Gasteiger partial charge on any atom is -0.345 e. The molecule has 0 aliphatic rings. The first-order valence-corrected chi connectivity index (χ1v) is 8.91. The van der Waals surface area contributed by atoms with Gasteiger partial charge in [-0.2, -0.15) is 0 Å². The predicted molar refractivity (Wildman–Crippen MR) is 86.9 cm³/mol. The van der Waals surface area contributed by atoms with Crippen LogP contribution in [0.4, 0.5) is 0 Å². The van der Waals surface area contributed by atoms with Gasteiger partial charge in [-0.25, -0.2) is 8.42 Å². The summed E-state index contributed by atoms with van der Waals surface area (Å²) in [7, 11) is -3.22. The SMILES string of the molecule is C[C@H](NC(=O)c1ccccc1Cl)c1ccc(S(C)(=O)=O)cc1. The first kappa shape index (κ1) is 16.5. The number of hydrogen-bond donors (Lipinski definition) is 1. The van der Waals surface area contributed by atoms with Crippen molar-refractivity contribution in [3.8, 4) is 0 Å². The zero-order valence-electron chi connectivity index (χ0n) is 12.2. The molecule has 1 atom stereocenters. The fourth-order valence-corrected chi connectivity index (χ4v) is 2.86. The van der Waals surface area contributed by atoms with Crippen molar-refractivity contribution in [1.29, 1.82) is 0 Å². The molecule has 0 aliphatic carbocycles. The average Bonchev–Trinajstić information content (AvgIpc) is 2.46. The molecule has 116 valence electrons. The van der Waals surface area contributed by atoms with Crippen molar-refractivity contribution < 1.29 is 13.2 Å². The van der Waals surface area contributed by atoms with E-state index in [2.05, 4.69) is 5.32 Å². The van der Waals surface area contributed by atoms with Crippen LogP contribution in [-0.4, -0.2) is 20.6 Å². The fraction of sp³-hybridized carbons (Fsp3) is 0.188. The second-order valence-electron chi connectivity index (χ2n) is 5.02. The Bertz CT molecular complexity index is 785. The third kappa shape index (κ3) is 3.87. The van der Waals surface area contributed by atoms with Crippen molar-refractivity contribution >= 4 is 27.3 Å². The van der Waals surface area contributed by atoms with Gasteiger partial charge in [0.15, 0.2) is 9.84 Å². The molecule has 6 heteroatoms. The van der Waals surface area contributed by atoms with Crippen molar-refractivity contribution in [3.63, 3.8) is 0 Å². The summed E-state index contributed by atoms with van der Waals surface area (Å²) in [4.78, 5) is 12.4. The largest absolute Gasteiger partial charge is 0.345 e. The van der Waals surface area contributed by atoms with E-state index in [9.17, 15) is 13.2 Å². The molecule has 1 N–H and O–H groups in total. The number of amides is 1. The highest BCUT2D eigenvalue weighted by molar-refractivity contribution is 7.90. The van der Waals surface area contributed by atoms with E-state index in [1.54, 1.807) is 36.4 Å². The van der Waals surface area contributed by atoms with Crippen molar-refractivity contribution in [2.45, 2.75) is 17.9 Å². The van der Waals surface area contributed by atoms with Gasteiger partial charge in [-0.3, -0.25) is 4.79 Å². The van der Waals surface area contributed by atoms with Gasteiger partial charge in [-0.1, -0.05) is 35.9 Å². The number of sulfone groups is 1. The lowest BCUT2D eigenvalue weighted by molar-refractivity contribution is 0.0940. The standard InChI is InChI=1S/C16H16ClNO3S/c1-11(12-7-9-13(10-8-12)22(2,20)21)18-16(19)14-5-3-4-6-15(14)17/h3-11H,1-2H3,(H,18,19)/t11-/m0/s1. The van der Waals surface area contributed by atoms with Gasteiger partial charge >= 0.3 is 0 Å². The molecule has 4 nitrogen and oxygen atoms in total. The Morgan fingerprint density at radius 2 is 1.68 bits per heavy atom. The Kier molecular flexibility index (Phi) is 4.88. The lowest BCUT2D eigenvalue weighted by Gasteiger charge is -2.15. The summed E-state index contributed by atoms with van der Waals surface area (Å²) in [6.07, 6.45) is 1.16. The minimum absolute atomic E-state index is 0.251. The van der Waals surface area contributed by atoms with E-state index in [-0.39, 0.29) is 16.8 Å². The molecular weight excluding hydrogens is 322 g/mol. The lowest BCUT2D eigenvalue weighted by Crippen LogP contribution is -2.26. The molecule has 0 aliphatic heterocycles. The van der Waals surface area contributed by atoms with Crippen LogP contribution in [0.2, 0.25) is 5.02 Å². The Balaban J connectivity index is 2.14. The van der Waals surface area contributed by atoms with E-state index < -0.39 is 9.84 Å². The Hall–Kier alpha value is -1.85. The number of benzene rings is 2. The normalized spacial score (nSPS) is 12.7. The summed E-state index contributed by atoms with van der Waals surface area (Å²) in [5, 5.41) is 3.23. The van der Waals surface area contributed by atoms with Gasteiger partial charge in [0.1, 0.15) is 0 Å². The maximum atomic E-state index is 12.2. The fourth-order valence-electron chi connectivity index (χ4n) is 2.01. The molecule has 2 aromatic rings. The number of carbonyl (C=O) groups is 1. The second-order valence-corrected chi connectivity index (χ2v) is 7.44. The third-order valence-corrected chi connectivity index (χ3v) is 4.73. The van der Waals surface area contributed by atoms with Crippen molar-refractivity contribution in [2.24, 2.45) is 0 Å². The highest BCUT2D eigenvalue weighted by atomic mass is 35.5. The van der Waals surface area contributed by atoms with Crippen molar-refractivity contribution in [2.75, 3.05) is 6.26 Å². The zero-order valence-corrected chi connectivity index (χ0v) is 13.8. The molecule has 0 aromatic heterocycles. The highest BCUT2D eigenvalue weighted by Gasteiger charge is 2.14. The molecule has 0 heterocycles. The van der Waals surface area contributed by atoms with Gasteiger partial charge in [0, 0.05) is 6.26 Å². The molecule has 22 heavy (non-hydrogen) atoms. The number of hydrogen-bond acceptors (Lipinski definition) is 3. The summed E-state index contributed by atoms with van der Waals surface area (Å²) in [6.45, 7) is 1.82. The average molecular weight is 338 g/mol. The number of carbonyl (C=O) groups excluding carboxylic acids is 1. The molecular formula is C16H16ClNO3S. The maximum absolute atomic E-state index is 12.2. The first-order valence-electron chi connectivity index (χ1n) is 6.64. The molecule has 0 spiro atoms. The van der Waals surface area contributed by atoms with Gasteiger partial charge in [0.2, 0.25) is 0 Å². The first-order chi connectivity index (χ1) is 10.3. The van der Waals surface area contributed by atoms with Crippen LogP contribution in [0.3, 0.4) is 0 Å². The van der Waals surface area contributed by atoms with E-state index in [0.717, 1.165) is 11.8 Å². The van der Waals surface area contributed by atoms with E-state index in [1.807, 2.05) is 6.92 Å². The molecule has 2 rings (SSSR count). The minimum atomic E-state index is -3.22. The summed E-state index contributed by atoms with van der Waals surface area (Å²) >= 11 is 5.99. The Labute approximate surface area is 135 Å². The zero-order chi connectivity index (χ0) is 16.3. The van der Waals surface area contributed by atoms with E-state index >= 15 is 0 Å². The summed E-state index contributed by atoms with van der Waals surface area (Å²) < 4.78 is 22.9. The van der Waals surface area contributed by atoms with E-state index in [4.69, 9.17) is 11.6 Å². The van der Waals surface area contributed by atoms with Gasteiger partial charge in [0.25, 0.3) is 5.91 Å². The maximum Gasteiger partial charge on any atom is 0.253 e. The van der Waals surface area contributed by atoms with Crippen LogP contribution >= 0.6 is 11.6 Å². The van der Waals surface area contributed by atoms with Crippen molar-refractivity contribution in [3.05, 3.63) is 64.7 Å². The van der Waals surface area contributed by atoms with Gasteiger partial charge in [0.05, 0.1) is 21.5 Å². The van der Waals surface area contributed by atoms with Crippen LogP contribution in [0.5, 0.6) is 0 Å². The second kappa shape index (κ2) is 6.50. The predicted octanol–water partition coefficient (Wildman–Crippen LogP) is 3.23. The smallest absolute Gasteiger partial charge is 0.253 e. The number of halogens is 1. The molecule has 0 saturated heterocycles. The van der Waals surface area contributed by atoms with Crippen LogP contribution in [0.15, 0.2) is 53.4 Å². The van der Waals surface area contributed by atoms with Crippen LogP contribution < -0.4 is 5.32 Å². The molecule has 1 amide bonds. The molecule has 0 fully saturated rings. The van der Waals surface area contributed by atoms with E-state index in [1.165, 1.54) is 12.1 Å². The topological polar surface area (TPSA) is 63.2 Å². The van der Waals surface area contributed by atoms with Gasteiger partial charge in [-0.05, 0) is 36.8 Å². The van der Waals surface area contributed by atoms with Crippen LogP contribution in [0.1, 0.15) is 28.9 Å². The molecule has 0 unspecified atom stereocenters. The third-order valence-electron chi connectivity index (χ3n) is 3.27. The molecule has 2 aromatic carbocycles. The Morgan fingerprint density at radius 1 is 1.09 bits per heavy atom. The molecule has 0 radical (unpaired) electrons. The number of nitrogens with one attached hydrogen (secondary N) is 1. The van der Waals surface area contributed by atoms with E-state index in [0.29, 0.717) is 10.6 Å². The lowest BCUT2D eigenvalue weighted by atomic mass is 10.1. The monoisotopic (exact) mass is 337 g/mol. The molecule has 0 bridgehead atoms. The summed E-state index contributed by atoms with van der Waals surface area (Å²) in [5.41, 5.74) is 1.22. The number of rotatable bonds is 4. The Morgan fingerprint density at radius 3 is 2.23 bits per heavy atom. The summed E-state index contributed by atoms with van der Waals surface area (Å²) in [5.74, 6) is -0.273. The van der Waals surface area contributed by atoms with Gasteiger partial charge < -0.3 is 5.32 Å².